The number of rotatable bonds is 8. The van der Waals surface area contributed by atoms with E-state index in [2.05, 4.69) is 27.3 Å². The summed E-state index contributed by atoms with van der Waals surface area (Å²) in [7, 11) is -3.36. The van der Waals surface area contributed by atoms with Crippen LogP contribution < -0.4 is 10.5 Å². The van der Waals surface area contributed by atoms with Crippen molar-refractivity contribution in [3.05, 3.63) is 29.8 Å². The van der Waals surface area contributed by atoms with Crippen molar-refractivity contribution in [1.29, 1.82) is 0 Å². The van der Waals surface area contributed by atoms with Crippen molar-refractivity contribution in [1.82, 2.24) is 0 Å². The summed E-state index contributed by atoms with van der Waals surface area (Å²) in [6.07, 6.45) is 0.734. The maximum atomic E-state index is 11.8. The zero-order valence-electron chi connectivity index (χ0n) is 10.8. The average Bonchev–Trinajstić information content (AvgIpc) is 2.36. The highest BCUT2D eigenvalue weighted by atomic mass is 127. The molecule has 20 heavy (non-hydrogen) atoms. The van der Waals surface area contributed by atoms with Crippen molar-refractivity contribution in [3.63, 3.8) is 0 Å². The molecule has 112 valence electrons. The van der Waals surface area contributed by atoms with Crippen molar-refractivity contribution in [2.24, 2.45) is 5.73 Å². The summed E-state index contributed by atoms with van der Waals surface area (Å²) in [5, 5.41) is 8.76. The first kappa shape index (κ1) is 17.2. The van der Waals surface area contributed by atoms with Crippen LogP contribution >= 0.6 is 22.6 Å². The van der Waals surface area contributed by atoms with Gasteiger partial charge in [0, 0.05) is 10.1 Å². The minimum atomic E-state index is -3.36. The molecule has 1 atom stereocenters. The Labute approximate surface area is 131 Å². The fraction of sp³-hybridized carbons (Fsp3) is 0.417. The molecule has 1 aromatic rings. The van der Waals surface area contributed by atoms with Crippen LogP contribution in [0.15, 0.2) is 24.3 Å². The van der Waals surface area contributed by atoms with Crippen LogP contribution in [0.25, 0.3) is 0 Å². The first-order chi connectivity index (χ1) is 9.34. The van der Waals surface area contributed by atoms with Gasteiger partial charge in [0.2, 0.25) is 10.0 Å². The van der Waals surface area contributed by atoms with E-state index in [1.807, 2.05) is 0 Å². The minimum Gasteiger partial charge on any atom is -0.480 e. The first-order valence-electron chi connectivity index (χ1n) is 5.98. The number of hydrogen-bond acceptors (Lipinski definition) is 4. The number of nitrogens with two attached hydrogens (primary N) is 1. The smallest absolute Gasteiger partial charge is 0.320 e. The average molecular weight is 412 g/mol. The topological polar surface area (TPSA) is 109 Å². The number of nitrogens with one attached hydrogen (secondary N) is 1. The molecule has 0 spiro atoms. The van der Waals surface area contributed by atoms with Gasteiger partial charge in [0.1, 0.15) is 6.04 Å². The molecule has 0 aliphatic heterocycles. The van der Waals surface area contributed by atoms with Gasteiger partial charge >= 0.3 is 5.97 Å². The lowest BCUT2D eigenvalue weighted by molar-refractivity contribution is -0.138. The number of carbonyl (C=O) groups is 1. The van der Waals surface area contributed by atoms with E-state index in [1.54, 1.807) is 24.3 Å². The van der Waals surface area contributed by atoms with Gasteiger partial charge in [-0.2, -0.15) is 0 Å². The van der Waals surface area contributed by atoms with Gasteiger partial charge in [-0.05, 0) is 30.5 Å². The fourth-order valence-electron chi connectivity index (χ4n) is 1.58. The molecule has 1 aromatic carbocycles. The van der Waals surface area contributed by atoms with Crippen molar-refractivity contribution in [3.8, 4) is 0 Å². The second-order valence-electron chi connectivity index (χ2n) is 4.31. The molecule has 0 radical (unpaired) electrons. The standard InChI is InChI=1S/C12H17IN2O4S/c13-5-2-6-20(18,19)15-10-4-1-3-9(7-10)8-11(14)12(16)17/h1,3-4,7,11,15H,2,5-6,8,14H2,(H,16,17). The summed E-state index contributed by atoms with van der Waals surface area (Å²) in [5.74, 6) is -1.02. The summed E-state index contributed by atoms with van der Waals surface area (Å²) < 4.78 is 26.8. The van der Waals surface area contributed by atoms with E-state index >= 15 is 0 Å². The van der Waals surface area contributed by atoms with Crippen LogP contribution in [0.4, 0.5) is 5.69 Å². The van der Waals surface area contributed by atoms with E-state index in [4.69, 9.17) is 10.8 Å². The Kier molecular flexibility index (Phi) is 6.69. The van der Waals surface area contributed by atoms with Gasteiger partial charge in [-0.1, -0.05) is 34.7 Å². The lowest BCUT2D eigenvalue weighted by Crippen LogP contribution is -2.32. The minimum absolute atomic E-state index is 0.0643. The number of sulfonamides is 1. The molecule has 0 aliphatic rings. The first-order valence-corrected chi connectivity index (χ1v) is 9.15. The van der Waals surface area contributed by atoms with Gasteiger partial charge in [0.25, 0.3) is 0 Å². The van der Waals surface area contributed by atoms with E-state index in [9.17, 15) is 13.2 Å². The summed E-state index contributed by atoms with van der Waals surface area (Å²) in [5.41, 5.74) is 6.55. The van der Waals surface area contributed by atoms with E-state index in [-0.39, 0.29) is 12.2 Å². The van der Waals surface area contributed by atoms with Gasteiger partial charge in [0.15, 0.2) is 0 Å². The Bertz CT molecular complexity index is 562. The second-order valence-corrected chi connectivity index (χ2v) is 7.23. The summed E-state index contributed by atoms with van der Waals surface area (Å²) >= 11 is 2.12. The Balaban J connectivity index is 2.75. The number of carboxylic acid groups (broad SMARTS) is 1. The van der Waals surface area contributed by atoms with Crippen LogP contribution in [0.3, 0.4) is 0 Å². The summed E-state index contributed by atoms with van der Waals surface area (Å²) in [6.45, 7) is 0. The zero-order valence-corrected chi connectivity index (χ0v) is 13.7. The molecule has 0 bridgehead atoms. The third-order valence-electron chi connectivity index (χ3n) is 2.52. The van der Waals surface area contributed by atoms with Crippen LogP contribution in [0.2, 0.25) is 0 Å². The van der Waals surface area contributed by atoms with Crippen molar-refractivity contribution < 1.29 is 18.3 Å². The highest BCUT2D eigenvalue weighted by Crippen LogP contribution is 2.14. The molecule has 8 heteroatoms. The molecule has 1 rings (SSSR count). The number of halogens is 1. The maximum absolute atomic E-state index is 11.8. The predicted molar refractivity (Wildman–Crippen MR) is 86.7 cm³/mol. The van der Waals surface area contributed by atoms with E-state index < -0.39 is 22.0 Å². The second kappa shape index (κ2) is 7.79. The molecular weight excluding hydrogens is 395 g/mol. The molecule has 0 aromatic heterocycles. The lowest BCUT2D eigenvalue weighted by Gasteiger charge is -2.10. The van der Waals surface area contributed by atoms with E-state index in [0.29, 0.717) is 17.7 Å². The zero-order chi connectivity index (χ0) is 15.2. The molecule has 0 heterocycles. The van der Waals surface area contributed by atoms with Crippen LogP contribution in [0.5, 0.6) is 0 Å². The third-order valence-corrected chi connectivity index (χ3v) is 4.66. The number of carboxylic acids is 1. The Hall–Kier alpha value is -0.870. The maximum Gasteiger partial charge on any atom is 0.320 e. The molecule has 0 amide bonds. The molecule has 4 N–H and O–H groups in total. The number of aliphatic carboxylic acids is 1. The molecule has 1 unspecified atom stereocenters. The lowest BCUT2D eigenvalue weighted by atomic mass is 10.1. The third kappa shape index (κ3) is 6.06. The van der Waals surface area contributed by atoms with Crippen LogP contribution in [-0.2, 0) is 21.2 Å². The van der Waals surface area contributed by atoms with Crippen molar-refractivity contribution >= 4 is 44.3 Å². The summed E-state index contributed by atoms with van der Waals surface area (Å²) in [6, 6.07) is 5.61. The molecule has 0 fully saturated rings. The van der Waals surface area contributed by atoms with Gasteiger partial charge in [0.05, 0.1) is 5.75 Å². The number of benzene rings is 1. The van der Waals surface area contributed by atoms with Crippen LogP contribution in [0, 0.1) is 0 Å². The van der Waals surface area contributed by atoms with Crippen molar-refractivity contribution in [2.75, 3.05) is 14.9 Å². The van der Waals surface area contributed by atoms with Gasteiger partial charge in [-0.15, -0.1) is 0 Å². The number of anilines is 1. The molecular formula is C12H17IN2O4S. The molecule has 6 nitrogen and oxygen atoms in total. The fourth-order valence-corrected chi connectivity index (χ4v) is 3.59. The monoisotopic (exact) mass is 412 g/mol. The van der Waals surface area contributed by atoms with Gasteiger partial charge in [-0.25, -0.2) is 8.42 Å². The molecule has 0 saturated heterocycles. The quantitative estimate of drug-likeness (QED) is 0.439. The highest BCUT2D eigenvalue weighted by molar-refractivity contribution is 14.1. The van der Waals surface area contributed by atoms with Crippen molar-refractivity contribution in [2.45, 2.75) is 18.9 Å². The molecule has 0 saturated carbocycles. The SMILES string of the molecule is NC(Cc1cccc(NS(=O)(=O)CCCI)c1)C(=O)O. The number of hydrogen-bond donors (Lipinski definition) is 3. The largest absolute Gasteiger partial charge is 0.480 e. The highest BCUT2D eigenvalue weighted by Gasteiger charge is 2.13. The molecule has 0 aliphatic carbocycles. The summed E-state index contributed by atoms with van der Waals surface area (Å²) in [4.78, 5) is 10.7. The van der Waals surface area contributed by atoms with Gasteiger partial charge in [-0.3, -0.25) is 9.52 Å². The number of alkyl halides is 1. The predicted octanol–water partition coefficient (Wildman–Crippen LogP) is 1.21. The Morgan fingerprint density at radius 2 is 2.15 bits per heavy atom. The van der Waals surface area contributed by atoms with E-state index in [0.717, 1.165) is 4.43 Å². The van der Waals surface area contributed by atoms with Crippen LogP contribution in [0.1, 0.15) is 12.0 Å². The normalized spacial score (nSPS) is 12.9. The Morgan fingerprint density at radius 1 is 1.45 bits per heavy atom. The van der Waals surface area contributed by atoms with Crippen LogP contribution in [-0.4, -0.2) is 35.7 Å². The van der Waals surface area contributed by atoms with Gasteiger partial charge < -0.3 is 10.8 Å². The Morgan fingerprint density at radius 3 is 2.75 bits per heavy atom. The van der Waals surface area contributed by atoms with E-state index in [1.165, 1.54) is 0 Å².